The summed E-state index contributed by atoms with van der Waals surface area (Å²) >= 11 is 5.67. The molecule has 2 aromatic rings. The molecule has 1 heterocycles. The normalized spacial score (nSPS) is 14.8. The first-order chi connectivity index (χ1) is 8.65. The Morgan fingerprint density at radius 1 is 1.17 bits per heavy atom. The first-order valence-electron chi connectivity index (χ1n) is 5.74. The van der Waals surface area contributed by atoms with Gasteiger partial charge in [-0.2, -0.15) is 0 Å². The molecule has 1 saturated carbocycles. The average molecular weight is 416 g/mol. The van der Waals surface area contributed by atoms with Crippen molar-refractivity contribution in [1.29, 1.82) is 0 Å². The quantitative estimate of drug-likeness (QED) is 0.755. The molecule has 0 unspecified atom stereocenters. The predicted molar refractivity (Wildman–Crippen MR) is 84.3 cm³/mol. The summed E-state index contributed by atoms with van der Waals surface area (Å²) in [4.78, 5) is 9.07. The van der Waals surface area contributed by atoms with E-state index in [0.29, 0.717) is 11.7 Å². The SMILES string of the molecule is Nc1nc(-c2ccc(Br)cc2)nc(C2CC2)c1I. The second-order valence-corrected chi connectivity index (χ2v) is 6.41. The number of nitrogens with zero attached hydrogens (tertiary/aromatic N) is 2. The summed E-state index contributed by atoms with van der Waals surface area (Å²) < 4.78 is 2.06. The highest BCUT2D eigenvalue weighted by Crippen LogP contribution is 2.42. The fraction of sp³-hybridized carbons (Fsp3) is 0.231. The summed E-state index contributed by atoms with van der Waals surface area (Å²) in [6, 6.07) is 7.98. The van der Waals surface area contributed by atoms with Crippen molar-refractivity contribution in [3.63, 3.8) is 0 Å². The number of anilines is 1. The lowest BCUT2D eigenvalue weighted by Gasteiger charge is -2.08. The van der Waals surface area contributed by atoms with E-state index in [9.17, 15) is 0 Å². The van der Waals surface area contributed by atoms with Crippen LogP contribution in [-0.4, -0.2) is 9.97 Å². The maximum Gasteiger partial charge on any atom is 0.161 e. The Labute approximate surface area is 127 Å². The molecule has 1 aromatic carbocycles. The topological polar surface area (TPSA) is 51.8 Å². The van der Waals surface area contributed by atoms with Crippen LogP contribution in [0.5, 0.6) is 0 Å². The van der Waals surface area contributed by atoms with E-state index >= 15 is 0 Å². The second-order valence-electron chi connectivity index (χ2n) is 4.41. The molecule has 0 saturated heterocycles. The maximum atomic E-state index is 5.99. The number of rotatable bonds is 2. The number of halogens is 2. The van der Waals surface area contributed by atoms with E-state index in [2.05, 4.69) is 48.5 Å². The van der Waals surface area contributed by atoms with E-state index in [0.717, 1.165) is 25.1 Å². The summed E-state index contributed by atoms with van der Waals surface area (Å²) in [6.45, 7) is 0. The van der Waals surface area contributed by atoms with Gasteiger partial charge in [-0.1, -0.05) is 28.1 Å². The highest BCUT2D eigenvalue weighted by molar-refractivity contribution is 14.1. The Kier molecular flexibility index (Phi) is 3.27. The predicted octanol–water partition coefficient (Wildman–Crippen LogP) is 3.97. The molecule has 0 amide bonds. The molecule has 0 radical (unpaired) electrons. The van der Waals surface area contributed by atoms with Crippen LogP contribution in [0, 0.1) is 3.57 Å². The van der Waals surface area contributed by atoms with Gasteiger partial charge in [0.05, 0.1) is 9.26 Å². The van der Waals surface area contributed by atoms with Gasteiger partial charge in [0.25, 0.3) is 0 Å². The molecular weight excluding hydrogens is 405 g/mol. The second kappa shape index (κ2) is 4.77. The largest absolute Gasteiger partial charge is 0.383 e. The molecule has 18 heavy (non-hydrogen) atoms. The highest BCUT2D eigenvalue weighted by Gasteiger charge is 2.29. The van der Waals surface area contributed by atoms with Crippen LogP contribution in [-0.2, 0) is 0 Å². The van der Waals surface area contributed by atoms with Crippen molar-refractivity contribution in [3.05, 3.63) is 38.0 Å². The molecule has 1 aliphatic carbocycles. The number of benzene rings is 1. The molecule has 1 aliphatic rings. The Morgan fingerprint density at radius 2 is 1.83 bits per heavy atom. The van der Waals surface area contributed by atoms with Gasteiger partial charge in [-0.05, 0) is 47.6 Å². The van der Waals surface area contributed by atoms with Crippen LogP contribution in [0.15, 0.2) is 28.7 Å². The fourth-order valence-corrected chi connectivity index (χ4v) is 2.78. The lowest BCUT2D eigenvalue weighted by Crippen LogP contribution is -2.04. The summed E-state index contributed by atoms with van der Waals surface area (Å²) in [6.07, 6.45) is 2.43. The minimum Gasteiger partial charge on any atom is -0.383 e. The first kappa shape index (κ1) is 12.3. The van der Waals surface area contributed by atoms with Crippen LogP contribution in [0.3, 0.4) is 0 Å². The molecule has 92 valence electrons. The van der Waals surface area contributed by atoms with Crippen LogP contribution < -0.4 is 5.73 Å². The van der Waals surface area contributed by atoms with E-state index in [1.54, 1.807) is 0 Å². The minimum atomic E-state index is 0.580. The maximum absolute atomic E-state index is 5.99. The third-order valence-electron chi connectivity index (χ3n) is 2.97. The van der Waals surface area contributed by atoms with E-state index in [-0.39, 0.29) is 0 Å². The molecule has 0 spiro atoms. The zero-order chi connectivity index (χ0) is 12.7. The molecule has 0 atom stereocenters. The molecule has 3 rings (SSSR count). The van der Waals surface area contributed by atoms with Gasteiger partial charge >= 0.3 is 0 Å². The van der Waals surface area contributed by atoms with E-state index < -0.39 is 0 Å². The number of hydrogen-bond donors (Lipinski definition) is 1. The van der Waals surface area contributed by atoms with Gasteiger partial charge in [0.1, 0.15) is 5.82 Å². The van der Waals surface area contributed by atoms with Gasteiger partial charge < -0.3 is 5.73 Å². The first-order valence-corrected chi connectivity index (χ1v) is 7.61. The van der Waals surface area contributed by atoms with Crippen LogP contribution in [0.2, 0.25) is 0 Å². The lowest BCUT2D eigenvalue weighted by molar-refractivity contribution is 0.983. The number of aromatic nitrogens is 2. The van der Waals surface area contributed by atoms with Crippen molar-refractivity contribution < 1.29 is 0 Å². The summed E-state index contributed by atoms with van der Waals surface area (Å²) in [7, 11) is 0. The van der Waals surface area contributed by atoms with Crippen molar-refractivity contribution in [2.75, 3.05) is 5.73 Å². The summed E-state index contributed by atoms with van der Waals surface area (Å²) in [5.74, 6) is 1.89. The van der Waals surface area contributed by atoms with Gasteiger partial charge in [0.2, 0.25) is 0 Å². The highest BCUT2D eigenvalue weighted by atomic mass is 127. The van der Waals surface area contributed by atoms with Crippen molar-refractivity contribution in [2.24, 2.45) is 0 Å². The monoisotopic (exact) mass is 415 g/mol. The van der Waals surface area contributed by atoms with Crippen LogP contribution in [0.4, 0.5) is 5.82 Å². The van der Waals surface area contributed by atoms with Gasteiger partial charge in [-0.3, -0.25) is 0 Å². The van der Waals surface area contributed by atoms with E-state index in [1.807, 2.05) is 24.3 Å². The van der Waals surface area contributed by atoms with Crippen molar-refractivity contribution in [2.45, 2.75) is 18.8 Å². The van der Waals surface area contributed by atoms with Gasteiger partial charge in [0.15, 0.2) is 5.82 Å². The molecule has 0 bridgehead atoms. The Balaban J connectivity index is 2.09. The summed E-state index contributed by atoms with van der Waals surface area (Å²) in [5, 5.41) is 0. The third kappa shape index (κ3) is 2.38. The molecule has 3 nitrogen and oxygen atoms in total. The molecule has 1 aromatic heterocycles. The van der Waals surface area contributed by atoms with Crippen LogP contribution >= 0.6 is 38.5 Å². The lowest BCUT2D eigenvalue weighted by atomic mass is 10.2. The fourth-order valence-electron chi connectivity index (χ4n) is 1.84. The van der Waals surface area contributed by atoms with Gasteiger partial charge in [-0.25, -0.2) is 9.97 Å². The zero-order valence-corrected chi connectivity index (χ0v) is 13.3. The molecule has 0 aliphatic heterocycles. The number of nitrogen functional groups attached to an aromatic ring is 1. The number of nitrogens with two attached hydrogens (primary N) is 1. The van der Waals surface area contributed by atoms with Crippen LogP contribution in [0.1, 0.15) is 24.5 Å². The third-order valence-corrected chi connectivity index (χ3v) is 4.60. The van der Waals surface area contributed by atoms with Gasteiger partial charge in [0, 0.05) is 16.0 Å². The van der Waals surface area contributed by atoms with Crippen LogP contribution in [0.25, 0.3) is 11.4 Å². The van der Waals surface area contributed by atoms with Crippen molar-refractivity contribution in [1.82, 2.24) is 9.97 Å². The van der Waals surface area contributed by atoms with Crippen molar-refractivity contribution >= 4 is 44.3 Å². The smallest absolute Gasteiger partial charge is 0.161 e. The standard InChI is InChI=1S/C13H11BrIN3/c14-9-5-3-8(4-6-9)13-17-11(7-1-2-7)10(15)12(16)18-13/h3-7H,1-2H2,(H2,16,17,18). The van der Waals surface area contributed by atoms with Gasteiger partial charge in [-0.15, -0.1) is 0 Å². The van der Waals surface area contributed by atoms with E-state index in [4.69, 9.17) is 5.73 Å². The number of hydrogen-bond acceptors (Lipinski definition) is 3. The Hall–Kier alpha value is -0.690. The summed E-state index contributed by atoms with van der Waals surface area (Å²) in [5.41, 5.74) is 8.10. The van der Waals surface area contributed by atoms with E-state index in [1.165, 1.54) is 12.8 Å². The Bertz CT molecular complexity index is 594. The molecule has 2 N–H and O–H groups in total. The zero-order valence-electron chi connectivity index (χ0n) is 9.53. The van der Waals surface area contributed by atoms with Crippen molar-refractivity contribution in [3.8, 4) is 11.4 Å². The molecular formula is C13H11BrIN3. The molecule has 5 heteroatoms. The Morgan fingerprint density at radius 3 is 2.44 bits per heavy atom. The molecule has 1 fully saturated rings. The average Bonchev–Trinajstić information content (AvgIpc) is 3.18. The minimum absolute atomic E-state index is 0.580.